The van der Waals surface area contributed by atoms with Crippen molar-refractivity contribution in [3.05, 3.63) is 0 Å². The fourth-order valence-electron chi connectivity index (χ4n) is 2.59. The van der Waals surface area contributed by atoms with Crippen LogP contribution in [0.5, 0.6) is 0 Å². The Morgan fingerprint density at radius 3 is 1.50 bits per heavy atom. The van der Waals surface area contributed by atoms with E-state index in [1.165, 1.54) is 38.5 Å². The van der Waals surface area contributed by atoms with Crippen LogP contribution in [0.2, 0.25) is 0 Å². The van der Waals surface area contributed by atoms with E-state index < -0.39 is 6.10 Å². The van der Waals surface area contributed by atoms with Crippen molar-refractivity contribution in [1.82, 2.24) is 0 Å². The summed E-state index contributed by atoms with van der Waals surface area (Å²) in [5.74, 6) is 0. The van der Waals surface area contributed by atoms with E-state index in [0.717, 1.165) is 30.7 Å². The molecule has 0 saturated carbocycles. The van der Waals surface area contributed by atoms with Gasteiger partial charge in [0.25, 0.3) is 0 Å². The molecule has 0 aromatic carbocycles. The summed E-state index contributed by atoms with van der Waals surface area (Å²) in [4.78, 5) is 0. The number of hydrogen-bond acceptors (Lipinski definition) is 2. The molecule has 1 atom stereocenters. The van der Waals surface area contributed by atoms with E-state index in [1.54, 1.807) is 0 Å². The maximum atomic E-state index is 9.83. The maximum Gasteiger partial charge on any atom is 0.126 e. The number of rotatable bonds is 12. The smallest absolute Gasteiger partial charge is 0.126 e. The summed E-state index contributed by atoms with van der Waals surface area (Å²) in [6.07, 6.45) is 6.69. The second-order valence-corrected chi connectivity index (χ2v) is 5.59. The maximum absolute atomic E-state index is 9.83. The van der Waals surface area contributed by atoms with Gasteiger partial charge in [-0.1, -0.05) is 40.0 Å². The van der Waals surface area contributed by atoms with Crippen LogP contribution >= 0.6 is 0 Å². The molecule has 0 aliphatic carbocycles. The molecule has 3 heteroatoms. The lowest BCUT2D eigenvalue weighted by Gasteiger charge is -2.40. The number of hydrogen-bond donors (Lipinski definition) is 2. The van der Waals surface area contributed by atoms with Crippen LogP contribution in [0.1, 0.15) is 59.3 Å². The van der Waals surface area contributed by atoms with Gasteiger partial charge in [0.1, 0.15) is 12.6 Å². The summed E-state index contributed by atoms with van der Waals surface area (Å²) >= 11 is 0. The molecule has 0 heterocycles. The molecule has 0 rings (SSSR count). The number of unbranched alkanes of at least 4 members (excludes halogenated alkanes) is 3. The third-order valence-electron chi connectivity index (χ3n) is 3.77. The number of aliphatic hydroxyl groups excluding tert-OH is 2. The zero-order valence-electron chi connectivity index (χ0n) is 12.7. The molecular weight excluding hydrogens is 226 g/mol. The van der Waals surface area contributed by atoms with Gasteiger partial charge in [-0.3, -0.25) is 0 Å². The molecule has 0 aromatic heterocycles. The van der Waals surface area contributed by atoms with Gasteiger partial charge in [-0.25, -0.2) is 0 Å². The van der Waals surface area contributed by atoms with Crippen LogP contribution in [-0.4, -0.2) is 53.6 Å². The van der Waals surface area contributed by atoms with Gasteiger partial charge in [0.15, 0.2) is 0 Å². The molecule has 0 aromatic rings. The predicted octanol–water partition coefficient (Wildman–Crippen LogP) is 2.56. The van der Waals surface area contributed by atoms with Crippen molar-refractivity contribution in [3.63, 3.8) is 0 Å². The Bertz CT molecular complexity index is 164. The third kappa shape index (κ3) is 7.34. The van der Waals surface area contributed by atoms with E-state index in [4.69, 9.17) is 5.11 Å². The largest absolute Gasteiger partial charge is 0.393 e. The van der Waals surface area contributed by atoms with Gasteiger partial charge < -0.3 is 14.7 Å². The second kappa shape index (κ2) is 10.8. The number of quaternary nitrogens is 1. The average Bonchev–Trinajstić information content (AvgIpc) is 2.40. The molecule has 18 heavy (non-hydrogen) atoms. The Morgan fingerprint density at radius 1 is 0.833 bits per heavy atom. The Balaban J connectivity index is 4.61. The minimum Gasteiger partial charge on any atom is -0.393 e. The highest BCUT2D eigenvalue weighted by atomic mass is 16.3. The summed E-state index contributed by atoms with van der Waals surface area (Å²) < 4.78 is 0.997. The van der Waals surface area contributed by atoms with Crippen LogP contribution in [0.15, 0.2) is 0 Å². The first-order valence-electron chi connectivity index (χ1n) is 7.78. The fourth-order valence-corrected chi connectivity index (χ4v) is 2.59. The van der Waals surface area contributed by atoms with Crippen molar-refractivity contribution in [2.45, 2.75) is 65.4 Å². The molecule has 0 aliphatic heterocycles. The zero-order chi connectivity index (χ0) is 13.9. The van der Waals surface area contributed by atoms with E-state index in [2.05, 4.69) is 20.8 Å². The lowest BCUT2D eigenvalue weighted by molar-refractivity contribution is -0.931. The number of aliphatic hydroxyl groups is 2. The summed E-state index contributed by atoms with van der Waals surface area (Å²) in [5.41, 5.74) is 0. The first-order chi connectivity index (χ1) is 8.64. The van der Waals surface area contributed by atoms with Crippen molar-refractivity contribution >= 4 is 0 Å². The van der Waals surface area contributed by atoms with E-state index >= 15 is 0 Å². The highest BCUT2D eigenvalue weighted by Gasteiger charge is 2.28. The Labute approximate surface area is 113 Å². The SMILES string of the molecule is CCCC[N+](CCCC)(CCCC)CC(O)CO. The quantitative estimate of drug-likeness (QED) is 0.529. The van der Waals surface area contributed by atoms with Crippen LogP contribution in [0.4, 0.5) is 0 Å². The van der Waals surface area contributed by atoms with Crippen LogP contribution in [0, 0.1) is 0 Å². The van der Waals surface area contributed by atoms with Crippen molar-refractivity contribution in [1.29, 1.82) is 0 Å². The first-order valence-corrected chi connectivity index (χ1v) is 7.78. The highest BCUT2D eigenvalue weighted by Crippen LogP contribution is 2.16. The van der Waals surface area contributed by atoms with Crippen molar-refractivity contribution in [2.75, 3.05) is 32.8 Å². The summed E-state index contributed by atoms with van der Waals surface area (Å²) in [7, 11) is 0. The predicted molar refractivity (Wildman–Crippen MR) is 77.5 cm³/mol. The summed E-state index contributed by atoms with van der Waals surface area (Å²) in [6, 6.07) is 0. The van der Waals surface area contributed by atoms with Gasteiger partial charge in [0.05, 0.1) is 26.2 Å². The van der Waals surface area contributed by atoms with E-state index in [0.29, 0.717) is 0 Å². The molecule has 0 amide bonds. The standard InChI is InChI=1S/C15H34NO2/c1-4-7-10-16(11-8-5-2,12-9-6-3)13-15(18)14-17/h15,17-18H,4-14H2,1-3H3/q+1. The highest BCUT2D eigenvalue weighted by molar-refractivity contribution is 4.56. The van der Waals surface area contributed by atoms with Gasteiger partial charge in [0, 0.05) is 0 Å². The van der Waals surface area contributed by atoms with Crippen LogP contribution in [-0.2, 0) is 0 Å². The second-order valence-electron chi connectivity index (χ2n) is 5.59. The molecule has 0 aliphatic rings. The molecule has 2 N–H and O–H groups in total. The van der Waals surface area contributed by atoms with Crippen LogP contribution in [0.25, 0.3) is 0 Å². The lowest BCUT2D eigenvalue weighted by Crippen LogP contribution is -2.54. The lowest BCUT2D eigenvalue weighted by atomic mass is 10.1. The molecule has 0 saturated heterocycles. The molecule has 110 valence electrons. The van der Waals surface area contributed by atoms with Crippen LogP contribution in [0.3, 0.4) is 0 Å². The number of nitrogens with zero attached hydrogens (tertiary/aromatic N) is 1. The van der Waals surface area contributed by atoms with Gasteiger partial charge in [0.2, 0.25) is 0 Å². The average molecular weight is 260 g/mol. The molecular formula is C15H34NO2+. The molecule has 0 spiro atoms. The zero-order valence-corrected chi connectivity index (χ0v) is 12.7. The normalized spacial score (nSPS) is 13.8. The third-order valence-corrected chi connectivity index (χ3v) is 3.77. The van der Waals surface area contributed by atoms with Gasteiger partial charge in [-0.2, -0.15) is 0 Å². The van der Waals surface area contributed by atoms with E-state index in [-0.39, 0.29) is 6.61 Å². The topological polar surface area (TPSA) is 40.5 Å². The van der Waals surface area contributed by atoms with E-state index in [9.17, 15) is 5.11 Å². The van der Waals surface area contributed by atoms with Crippen molar-refractivity contribution in [2.24, 2.45) is 0 Å². The molecule has 1 unspecified atom stereocenters. The first kappa shape index (κ1) is 17.9. The Hall–Kier alpha value is -0.120. The molecule has 3 nitrogen and oxygen atoms in total. The minimum absolute atomic E-state index is 0.107. The van der Waals surface area contributed by atoms with Crippen molar-refractivity contribution < 1.29 is 14.7 Å². The Kier molecular flexibility index (Phi) is 10.7. The fraction of sp³-hybridized carbons (Fsp3) is 1.00. The Morgan fingerprint density at radius 2 is 1.22 bits per heavy atom. The van der Waals surface area contributed by atoms with Gasteiger partial charge in [-0.15, -0.1) is 0 Å². The molecule has 0 radical (unpaired) electrons. The van der Waals surface area contributed by atoms with E-state index in [1.807, 2.05) is 0 Å². The summed E-state index contributed by atoms with van der Waals surface area (Å²) in [6.45, 7) is 10.7. The molecule has 0 bridgehead atoms. The minimum atomic E-state index is -0.560. The van der Waals surface area contributed by atoms with Crippen molar-refractivity contribution in [3.8, 4) is 0 Å². The van der Waals surface area contributed by atoms with Crippen LogP contribution < -0.4 is 0 Å². The summed E-state index contributed by atoms with van der Waals surface area (Å²) in [5, 5.41) is 18.9. The van der Waals surface area contributed by atoms with Gasteiger partial charge in [-0.05, 0) is 19.3 Å². The monoisotopic (exact) mass is 260 g/mol. The van der Waals surface area contributed by atoms with Gasteiger partial charge >= 0.3 is 0 Å². The molecule has 0 fully saturated rings.